The summed E-state index contributed by atoms with van der Waals surface area (Å²) in [6, 6.07) is 7.21. The highest BCUT2D eigenvalue weighted by Gasteiger charge is 2.34. The van der Waals surface area contributed by atoms with Crippen LogP contribution in [-0.4, -0.2) is 46.7 Å². The minimum Gasteiger partial charge on any atom is -0.353 e. The highest BCUT2D eigenvalue weighted by atomic mass is 32.2. The van der Waals surface area contributed by atoms with Gasteiger partial charge >= 0.3 is 0 Å². The number of thioether (sulfide) groups is 1. The van der Waals surface area contributed by atoms with Gasteiger partial charge in [0, 0.05) is 18.3 Å². The number of amides is 3. The molecule has 2 aliphatic rings. The number of hydrogen-bond donors (Lipinski definition) is 1. The first kappa shape index (κ1) is 19.0. The summed E-state index contributed by atoms with van der Waals surface area (Å²) in [5.41, 5.74) is 0.953. The molecule has 0 spiro atoms. The lowest BCUT2D eigenvalue weighted by Crippen LogP contribution is -2.37. The molecule has 1 saturated carbocycles. The van der Waals surface area contributed by atoms with Crippen molar-refractivity contribution in [3.8, 4) is 0 Å². The molecule has 3 amide bonds. The molecule has 140 valence electrons. The van der Waals surface area contributed by atoms with Crippen LogP contribution in [0.2, 0.25) is 0 Å². The first-order valence-electron chi connectivity index (χ1n) is 9.49. The van der Waals surface area contributed by atoms with Gasteiger partial charge in [-0.25, -0.2) is 0 Å². The highest BCUT2D eigenvalue weighted by molar-refractivity contribution is 7.99. The summed E-state index contributed by atoms with van der Waals surface area (Å²) in [6.45, 7) is 0.341. The SMILES string of the molecule is O=C(CSCCN1C(=O)c2ccccc2C1=O)NC1CCCCCCC1. The van der Waals surface area contributed by atoms with E-state index in [9.17, 15) is 14.4 Å². The van der Waals surface area contributed by atoms with Gasteiger partial charge in [-0.1, -0.05) is 44.2 Å². The van der Waals surface area contributed by atoms with Crippen molar-refractivity contribution >= 4 is 29.5 Å². The summed E-state index contributed by atoms with van der Waals surface area (Å²) >= 11 is 1.47. The fourth-order valence-electron chi connectivity index (χ4n) is 3.63. The van der Waals surface area contributed by atoms with E-state index in [0.717, 1.165) is 12.8 Å². The maximum absolute atomic E-state index is 12.3. The second kappa shape index (κ2) is 9.21. The number of benzene rings is 1. The van der Waals surface area contributed by atoms with Crippen LogP contribution in [0.25, 0.3) is 0 Å². The zero-order chi connectivity index (χ0) is 18.4. The molecule has 1 aliphatic carbocycles. The van der Waals surface area contributed by atoms with Crippen molar-refractivity contribution in [2.45, 2.75) is 51.0 Å². The van der Waals surface area contributed by atoms with Crippen molar-refractivity contribution in [2.24, 2.45) is 0 Å². The van der Waals surface area contributed by atoms with E-state index >= 15 is 0 Å². The number of nitrogens with one attached hydrogen (secondary N) is 1. The van der Waals surface area contributed by atoms with Crippen LogP contribution >= 0.6 is 11.8 Å². The van der Waals surface area contributed by atoms with E-state index in [-0.39, 0.29) is 17.7 Å². The van der Waals surface area contributed by atoms with Crippen LogP contribution in [0.1, 0.15) is 65.7 Å². The second-order valence-corrected chi connectivity index (χ2v) is 8.07. The second-order valence-electron chi connectivity index (χ2n) is 6.97. The average Bonchev–Trinajstić information content (AvgIpc) is 2.86. The topological polar surface area (TPSA) is 66.5 Å². The van der Waals surface area contributed by atoms with E-state index in [1.807, 2.05) is 0 Å². The Kier molecular flexibility index (Phi) is 6.72. The smallest absolute Gasteiger partial charge is 0.261 e. The Hall–Kier alpha value is -1.82. The summed E-state index contributed by atoms with van der Waals surface area (Å²) < 4.78 is 0. The van der Waals surface area contributed by atoms with Gasteiger partial charge in [-0.15, -0.1) is 0 Å². The number of nitrogens with zero attached hydrogens (tertiary/aromatic N) is 1. The van der Waals surface area contributed by atoms with E-state index in [1.165, 1.54) is 48.8 Å². The van der Waals surface area contributed by atoms with E-state index < -0.39 is 0 Å². The molecule has 1 heterocycles. The molecule has 0 bridgehead atoms. The molecule has 5 nitrogen and oxygen atoms in total. The maximum Gasteiger partial charge on any atom is 0.261 e. The van der Waals surface area contributed by atoms with Gasteiger partial charge in [0.1, 0.15) is 0 Å². The summed E-state index contributed by atoms with van der Waals surface area (Å²) in [6.07, 6.45) is 8.38. The van der Waals surface area contributed by atoms with Crippen molar-refractivity contribution in [2.75, 3.05) is 18.1 Å². The van der Waals surface area contributed by atoms with Crippen LogP contribution < -0.4 is 5.32 Å². The van der Waals surface area contributed by atoms with Gasteiger partial charge < -0.3 is 5.32 Å². The molecular formula is C20H26N2O3S. The van der Waals surface area contributed by atoms with Crippen LogP contribution in [-0.2, 0) is 4.79 Å². The summed E-state index contributed by atoms with van der Waals surface area (Å²) in [5, 5.41) is 3.14. The molecule has 1 fully saturated rings. The van der Waals surface area contributed by atoms with Gasteiger partial charge in [-0.2, -0.15) is 11.8 Å². The summed E-state index contributed by atoms with van der Waals surface area (Å²) in [7, 11) is 0. The van der Waals surface area contributed by atoms with Crippen molar-refractivity contribution in [1.82, 2.24) is 10.2 Å². The molecule has 0 saturated heterocycles. The van der Waals surface area contributed by atoms with Gasteiger partial charge in [0.15, 0.2) is 0 Å². The molecule has 1 aromatic carbocycles. The van der Waals surface area contributed by atoms with Crippen molar-refractivity contribution < 1.29 is 14.4 Å². The molecular weight excluding hydrogens is 348 g/mol. The van der Waals surface area contributed by atoms with Gasteiger partial charge in [-0.05, 0) is 25.0 Å². The zero-order valence-corrected chi connectivity index (χ0v) is 15.9. The predicted octanol–water partition coefficient (Wildman–Crippen LogP) is 3.24. The Morgan fingerprint density at radius 3 is 2.19 bits per heavy atom. The van der Waals surface area contributed by atoms with Crippen LogP contribution in [0.15, 0.2) is 24.3 Å². The van der Waals surface area contributed by atoms with Gasteiger partial charge in [0.2, 0.25) is 5.91 Å². The fraction of sp³-hybridized carbons (Fsp3) is 0.550. The Morgan fingerprint density at radius 1 is 1.00 bits per heavy atom. The third kappa shape index (κ3) is 4.67. The molecule has 0 aromatic heterocycles. The lowest BCUT2D eigenvalue weighted by molar-refractivity contribution is -0.119. The Bertz CT molecular complexity index is 634. The predicted molar refractivity (Wildman–Crippen MR) is 103 cm³/mol. The normalized spacial score (nSPS) is 18.4. The number of carbonyl (C=O) groups excluding carboxylic acids is 3. The fourth-order valence-corrected chi connectivity index (χ4v) is 4.36. The Morgan fingerprint density at radius 2 is 1.58 bits per heavy atom. The molecule has 1 aromatic rings. The molecule has 1 N–H and O–H groups in total. The van der Waals surface area contributed by atoms with E-state index in [0.29, 0.717) is 35.2 Å². The van der Waals surface area contributed by atoms with Crippen molar-refractivity contribution in [3.05, 3.63) is 35.4 Å². The number of rotatable bonds is 6. The monoisotopic (exact) mass is 374 g/mol. The molecule has 3 rings (SSSR count). The van der Waals surface area contributed by atoms with Gasteiger partial charge in [0.05, 0.1) is 16.9 Å². The third-order valence-corrected chi connectivity index (χ3v) is 5.98. The van der Waals surface area contributed by atoms with Crippen LogP contribution in [0, 0.1) is 0 Å². The lowest BCUT2D eigenvalue weighted by atomic mass is 9.97. The Labute approximate surface area is 158 Å². The van der Waals surface area contributed by atoms with Crippen molar-refractivity contribution in [1.29, 1.82) is 0 Å². The molecule has 26 heavy (non-hydrogen) atoms. The van der Waals surface area contributed by atoms with Crippen molar-refractivity contribution in [3.63, 3.8) is 0 Å². The zero-order valence-electron chi connectivity index (χ0n) is 15.0. The van der Waals surface area contributed by atoms with E-state index in [2.05, 4.69) is 5.32 Å². The highest BCUT2D eigenvalue weighted by Crippen LogP contribution is 2.22. The molecule has 0 radical (unpaired) electrons. The molecule has 1 aliphatic heterocycles. The minimum atomic E-state index is -0.231. The number of hydrogen-bond acceptors (Lipinski definition) is 4. The quantitative estimate of drug-likeness (QED) is 0.613. The van der Waals surface area contributed by atoms with Crippen LogP contribution in [0.5, 0.6) is 0 Å². The number of carbonyl (C=O) groups is 3. The van der Waals surface area contributed by atoms with E-state index in [4.69, 9.17) is 0 Å². The standard InChI is InChI=1S/C20H26N2O3S/c23-18(21-15-8-4-2-1-3-5-9-15)14-26-13-12-22-19(24)16-10-6-7-11-17(16)20(22)25/h6-7,10-11,15H,1-5,8-9,12-14H2,(H,21,23). The Balaban J connectivity index is 1.38. The molecule has 0 atom stereocenters. The van der Waals surface area contributed by atoms with Gasteiger partial charge in [-0.3, -0.25) is 19.3 Å². The first-order chi connectivity index (χ1) is 12.7. The lowest BCUT2D eigenvalue weighted by Gasteiger charge is -2.21. The number of imide groups is 1. The number of fused-ring (bicyclic) bond motifs is 1. The largest absolute Gasteiger partial charge is 0.353 e. The minimum absolute atomic E-state index is 0.0583. The van der Waals surface area contributed by atoms with Gasteiger partial charge in [0.25, 0.3) is 11.8 Å². The molecule has 0 unspecified atom stereocenters. The average molecular weight is 375 g/mol. The summed E-state index contributed by atoms with van der Waals surface area (Å²) in [4.78, 5) is 38.0. The third-order valence-electron chi connectivity index (χ3n) is 5.04. The molecule has 6 heteroatoms. The summed E-state index contributed by atoms with van der Waals surface area (Å²) in [5.74, 6) is 0.543. The van der Waals surface area contributed by atoms with E-state index in [1.54, 1.807) is 24.3 Å². The maximum atomic E-state index is 12.3. The van der Waals surface area contributed by atoms with Crippen LogP contribution in [0.4, 0.5) is 0 Å². The van der Waals surface area contributed by atoms with Crippen LogP contribution in [0.3, 0.4) is 0 Å². The first-order valence-corrected chi connectivity index (χ1v) is 10.6.